The summed E-state index contributed by atoms with van der Waals surface area (Å²) in [5.74, 6) is 0. The van der Waals surface area contributed by atoms with Gasteiger partial charge in [-0.25, -0.2) is 0 Å². The molecule has 3 rings (SSSR count). The van der Waals surface area contributed by atoms with E-state index < -0.39 is 0 Å². The maximum absolute atomic E-state index is 3.99. The third-order valence-corrected chi connectivity index (χ3v) is 4.15. The molecule has 0 bridgehead atoms. The molecule has 0 aliphatic carbocycles. The monoisotopic (exact) mass is 269 g/mol. The van der Waals surface area contributed by atoms with Crippen LogP contribution in [0.25, 0.3) is 10.1 Å². The van der Waals surface area contributed by atoms with E-state index >= 15 is 0 Å². The number of benzene rings is 1. The summed E-state index contributed by atoms with van der Waals surface area (Å²) in [6.07, 6.45) is 3.58. The summed E-state index contributed by atoms with van der Waals surface area (Å²) in [7, 11) is 0. The van der Waals surface area contributed by atoms with Gasteiger partial charge in [-0.2, -0.15) is 10.2 Å². The van der Waals surface area contributed by atoms with Crippen molar-refractivity contribution in [3.63, 3.8) is 0 Å². The Bertz CT molecular complexity index is 663. The molecule has 3 nitrogen and oxygen atoms in total. The summed E-state index contributed by atoms with van der Waals surface area (Å²) in [6.45, 7) is 3.03. The Balaban J connectivity index is 2.12. The maximum Gasteiger partial charge on any atom is 0.0607 e. The van der Waals surface area contributed by atoms with Crippen molar-refractivity contribution in [3.8, 4) is 0 Å². The molecule has 2 aromatic heterocycles. The van der Waals surface area contributed by atoms with E-state index in [-0.39, 0.29) is 6.04 Å². The molecule has 0 amide bonds. The molecule has 2 heterocycles. The van der Waals surface area contributed by atoms with Crippen LogP contribution in [0.1, 0.15) is 24.1 Å². The predicted octanol–water partition coefficient (Wildman–Crippen LogP) is 3.39. The smallest absolute Gasteiger partial charge is 0.0607 e. The van der Waals surface area contributed by atoms with E-state index in [4.69, 9.17) is 0 Å². The van der Waals surface area contributed by atoms with Gasteiger partial charge < -0.3 is 5.32 Å². The fourth-order valence-corrected chi connectivity index (χ4v) is 3.27. The molecule has 0 aliphatic heterocycles. The maximum atomic E-state index is 3.99. The van der Waals surface area contributed by atoms with Crippen molar-refractivity contribution in [2.45, 2.75) is 13.0 Å². The summed E-state index contributed by atoms with van der Waals surface area (Å²) in [6, 6.07) is 10.8. The second-order valence-electron chi connectivity index (χ2n) is 4.35. The molecular weight excluding hydrogens is 254 g/mol. The Morgan fingerprint density at radius 1 is 1.21 bits per heavy atom. The van der Waals surface area contributed by atoms with Crippen LogP contribution in [-0.2, 0) is 0 Å². The number of hydrogen-bond acceptors (Lipinski definition) is 4. The van der Waals surface area contributed by atoms with Crippen molar-refractivity contribution in [2.75, 3.05) is 6.54 Å². The van der Waals surface area contributed by atoms with Crippen LogP contribution in [-0.4, -0.2) is 16.7 Å². The average Bonchev–Trinajstić information content (AvgIpc) is 2.94. The van der Waals surface area contributed by atoms with Crippen molar-refractivity contribution < 1.29 is 0 Å². The Kier molecular flexibility index (Phi) is 3.53. The summed E-state index contributed by atoms with van der Waals surface area (Å²) in [5.41, 5.74) is 2.46. The largest absolute Gasteiger partial charge is 0.306 e. The zero-order valence-corrected chi connectivity index (χ0v) is 11.5. The van der Waals surface area contributed by atoms with Gasteiger partial charge in [-0.1, -0.05) is 25.1 Å². The van der Waals surface area contributed by atoms with Crippen LogP contribution in [0.15, 0.2) is 48.1 Å². The average molecular weight is 269 g/mol. The molecule has 1 aromatic carbocycles. The Labute approximate surface area is 116 Å². The number of nitrogens with zero attached hydrogens (tertiary/aromatic N) is 2. The number of fused-ring (bicyclic) bond motifs is 1. The minimum absolute atomic E-state index is 0.169. The van der Waals surface area contributed by atoms with E-state index in [0.717, 1.165) is 12.1 Å². The van der Waals surface area contributed by atoms with E-state index in [1.54, 1.807) is 17.5 Å². The summed E-state index contributed by atoms with van der Waals surface area (Å²) in [5, 5.41) is 14.8. The van der Waals surface area contributed by atoms with Crippen LogP contribution >= 0.6 is 11.3 Å². The molecular formula is C15H15N3S. The van der Waals surface area contributed by atoms with Gasteiger partial charge in [0, 0.05) is 10.9 Å². The van der Waals surface area contributed by atoms with Gasteiger partial charge in [0.05, 0.1) is 12.2 Å². The van der Waals surface area contributed by atoms with Crippen LogP contribution in [0.5, 0.6) is 0 Å². The lowest BCUT2D eigenvalue weighted by atomic mass is 9.99. The number of rotatable bonds is 4. The molecule has 96 valence electrons. The summed E-state index contributed by atoms with van der Waals surface area (Å²) < 4.78 is 1.34. The zero-order valence-electron chi connectivity index (χ0n) is 10.7. The normalized spacial score (nSPS) is 12.7. The SMILES string of the molecule is CCNC(c1ccnnc1)c1cccc2ccsc12. The molecule has 0 aliphatic rings. The van der Waals surface area contributed by atoms with Gasteiger partial charge in [0.25, 0.3) is 0 Å². The lowest BCUT2D eigenvalue weighted by Crippen LogP contribution is -2.22. The highest BCUT2D eigenvalue weighted by molar-refractivity contribution is 7.17. The second kappa shape index (κ2) is 5.47. The first-order valence-electron chi connectivity index (χ1n) is 6.36. The molecule has 3 aromatic rings. The van der Waals surface area contributed by atoms with Gasteiger partial charge in [-0.3, -0.25) is 0 Å². The fraction of sp³-hybridized carbons (Fsp3) is 0.200. The first-order valence-corrected chi connectivity index (χ1v) is 7.24. The van der Waals surface area contributed by atoms with E-state index in [1.807, 2.05) is 12.3 Å². The van der Waals surface area contributed by atoms with Crippen molar-refractivity contribution >= 4 is 21.4 Å². The highest BCUT2D eigenvalue weighted by atomic mass is 32.1. The molecule has 0 radical (unpaired) electrons. The number of nitrogens with one attached hydrogen (secondary N) is 1. The number of hydrogen-bond donors (Lipinski definition) is 1. The second-order valence-corrected chi connectivity index (χ2v) is 5.27. The molecule has 0 saturated carbocycles. The third kappa shape index (κ3) is 2.37. The molecule has 4 heteroatoms. The molecule has 1 unspecified atom stereocenters. The van der Waals surface area contributed by atoms with Crippen molar-refractivity contribution in [3.05, 3.63) is 59.2 Å². The molecule has 0 spiro atoms. The quantitative estimate of drug-likeness (QED) is 0.789. The molecule has 19 heavy (non-hydrogen) atoms. The van der Waals surface area contributed by atoms with Crippen molar-refractivity contribution in [1.29, 1.82) is 0 Å². The third-order valence-electron chi connectivity index (χ3n) is 3.17. The van der Waals surface area contributed by atoms with Crippen molar-refractivity contribution in [2.24, 2.45) is 0 Å². The first-order chi connectivity index (χ1) is 9.40. The van der Waals surface area contributed by atoms with Gasteiger partial charge >= 0.3 is 0 Å². The van der Waals surface area contributed by atoms with Crippen LogP contribution in [0.4, 0.5) is 0 Å². The van der Waals surface area contributed by atoms with Crippen LogP contribution < -0.4 is 5.32 Å². The van der Waals surface area contributed by atoms with Gasteiger partial charge in [-0.05, 0) is 40.6 Å². The zero-order chi connectivity index (χ0) is 13.1. The fourth-order valence-electron chi connectivity index (χ4n) is 2.33. The molecule has 0 saturated heterocycles. The highest BCUT2D eigenvalue weighted by Crippen LogP contribution is 2.31. The van der Waals surface area contributed by atoms with E-state index in [0.29, 0.717) is 0 Å². The van der Waals surface area contributed by atoms with E-state index in [9.17, 15) is 0 Å². The Morgan fingerprint density at radius 3 is 2.95 bits per heavy atom. The summed E-state index contributed by atoms with van der Waals surface area (Å²) >= 11 is 1.79. The van der Waals surface area contributed by atoms with Gasteiger partial charge in [-0.15, -0.1) is 11.3 Å². The van der Waals surface area contributed by atoms with Crippen LogP contribution in [0.3, 0.4) is 0 Å². The minimum atomic E-state index is 0.169. The summed E-state index contributed by atoms with van der Waals surface area (Å²) in [4.78, 5) is 0. The Morgan fingerprint density at radius 2 is 2.16 bits per heavy atom. The standard InChI is InChI=1S/C15H15N3S/c1-2-16-14(12-6-8-17-18-10-12)13-5-3-4-11-7-9-19-15(11)13/h3-10,14,16H,2H2,1H3. The van der Waals surface area contributed by atoms with E-state index in [2.05, 4.69) is 52.1 Å². The minimum Gasteiger partial charge on any atom is -0.306 e. The Hall–Kier alpha value is -1.78. The lowest BCUT2D eigenvalue weighted by Gasteiger charge is -2.19. The van der Waals surface area contributed by atoms with Gasteiger partial charge in [0.1, 0.15) is 0 Å². The molecule has 1 N–H and O–H groups in total. The number of aromatic nitrogens is 2. The molecule has 0 fully saturated rings. The van der Waals surface area contributed by atoms with Crippen LogP contribution in [0, 0.1) is 0 Å². The van der Waals surface area contributed by atoms with Gasteiger partial charge in [0.2, 0.25) is 0 Å². The van der Waals surface area contributed by atoms with Crippen LogP contribution in [0.2, 0.25) is 0 Å². The van der Waals surface area contributed by atoms with Crippen molar-refractivity contribution in [1.82, 2.24) is 15.5 Å². The van der Waals surface area contributed by atoms with Gasteiger partial charge in [0.15, 0.2) is 0 Å². The topological polar surface area (TPSA) is 37.8 Å². The first kappa shape index (κ1) is 12.3. The predicted molar refractivity (Wildman–Crippen MR) is 79.4 cm³/mol. The lowest BCUT2D eigenvalue weighted by molar-refractivity contribution is 0.630. The number of thiophene rings is 1. The highest BCUT2D eigenvalue weighted by Gasteiger charge is 2.16. The van der Waals surface area contributed by atoms with E-state index in [1.165, 1.54) is 15.6 Å². The molecule has 1 atom stereocenters.